The van der Waals surface area contributed by atoms with Crippen molar-refractivity contribution in [3.63, 3.8) is 0 Å². The van der Waals surface area contributed by atoms with Crippen LogP contribution in [0.1, 0.15) is 42.1 Å². The first-order valence-corrected chi connectivity index (χ1v) is 10.2. The van der Waals surface area contributed by atoms with E-state index in [1.54, 1.807) is 0 Å². The van der Waals surface area contributed by atoms with Gasteiger partial charge in [-0.05, 0) is 41.9 Å². The Morgan fingerprint density at radius 3 is 2.63 bits per heavy atom. The third-order valence-electron chi connectivity index (χ3n) is 6.95. The zero-order valence-corrected chi connectivity index (χ0v) is 17.2. The maximum atomic E-state index is 12.1. The van der Waals surface area contributed by atoms with Gasteiger partial charge in [-0.25, -0.2) is 0 Å². The zero-order valence-electron chi connectivity index (χ0n) is 17.2. The molecule has 0 aromatic heterocycles. The van der Waals surface area contributed by atoms with Crippen LogP contribution in [0.2, 0.25) is 0 Å². The molecule has 156 valence electrons. The summed E-state index contributed by atoms with van der Waals surface area (Å²) in [4.78, 5) is 14.4. The largest absolute Gasteiger partial charge is 0.461 e. The van der Waals surface area contributed by atoms with Crippen LogP contribution in [-0.2, 0) is 27.9 Å². The zero-order chi connectivity index (χ0) is 20.6. The van der Waals surface area contributed by atoms with E-state index < -0.39 is 5.41 Å². The van der Waals surface area contributed by atoms with Crippen molar-refractivity contribution in [2.24, 2.45) is 0 Å². The SMILES string of the molecule is CC(=O)O[C@@H]1Cc2cc3c(cc2[C@H]2N(C)Cc4c(ccc5c4OCO5)[C@@]12C)OCO3. The van der Waals surface area contributed by atoms with Crippen LogP contribution in [0.5, 0.6) is 23.0 Å². The Balaban J connectivity index is 1.59. The number of fused-ring (bicyclic) bond motifs is 8. The van der Waals surface area contributed by atoms with Crippen LogP contribution in [-0.4, -0.2) is 37.6 Å². The lowest BCUT2D eigenvalue weighted by Gasteiger charge is -2.54. The van der Waals surface area contributed by atoms with E-state index in [0.717, 1.165) is 39.7 Å². The molecule has 0 spiro atoms. The van der Waals surface area contributed by atoms with Gasteiger partial charge in [0.25, 0.3) is 0 Å². The van der Waals surface area contributed by atoms with Gasteiger partial charge in [-0.15, -0.1) is 0 Å². The molecule has 0 saturated heterocycles. The molecule has 6 rings (SSSR count). The number of likely N-dealkylation sites (N-methyl/N-ethyl adjacent to an activating group) is 1. The lowest BCUT2D eigenvalue weighted by molar-refractivity contribution is -0.153. The molecule has 2 aromatic rings. The van der Waals surface area contributed by atoms with Gasteiger partial charge in [0, 0.05) is 31.5 Å². The molecule has 0 fully saturated rings. The number of hydrogen-bond donors (Lipinski definition) is 0. The third-order valence-corrected chi connectivity index (χ3v) is 6.95. The highest BCUT2D eigenvalue weighted by atomic mass is 16.7. The fraction of sp³-hybridized carbons (Fsp3) is 0.435. The van der Waals surface area contributed by atoms with Crippen LogP contribution in [0.3, 0.4) is 0 Å². The number of hydrogen-bond acceptors (Lipinski definition) is 7. The minimum absolute atomic E-state index is 0.00738. The number of carbonyl (C=O) groups excluding carboxylic acids is 1. The van der Waals surface area contributed by atoms with E-state index in [-0.39, 0.29) is 31.7 Å². The van der Waals surface area contributed by atoms with Crippen molar-refractivity contribution in [3.8, 4) is 23.0 Å². The van der Waals surface area contributed by atoms with Gasteiger partial charge in [0.1, 0.15) is 6.10 Å². The van der Waals surface area contributed by atoms with Gasteiger partial charge in [-0.2, -0.15) is 0 Å². The maximum Gasteiger partial charge on any atom is 0.302 e. The van der Waals surface area contributed by atoms with Gasteiger partial charge < -0.3 is 23.7 Å². The molecule has 0 bridgehead atoms. The summed E-state index contributed by atoms with van der Waals surface area (Å²) in [6.07, 6.45) is 0.287. The van der Waals surface area contributed by atoms with Crippen LogP contribution in [0.25, 0.3) is 0 Å². The number of benzene rings is 2. The molecular formula is C23H23NO6. The van der Waals surface area contributed by atoms with Gasteiger partial charge in [0.15, 0.2) is 23.0 Å². The minimum Gasteiger partial charge on any atom is -0.461 e. The van der Waals surface area contributed by atoms with Crippen molar-refractivity contribution in [2.75, 3.05) is 20.6 Å². The van der Waals surface area contributed by atoms with Gasteiger partial charge >= 0.3 is 5.97 Å². The summed E-state index contributed by atoms with van der Waals surface area (Å²) in [6.45, 7) is 4.84. The van der Waals surface area contributed by atoms with Crippen LogP contribution in [0.4, 0.5) is 0 Å². The van der Waals surface area contributed by atoms with Gasteiger partial charge in [-0.1, -0.05) is 13.0 Å². The first-order valence-electron chi connectivity index (χ1n) is 10.2. The van der Waals surface area contributed by atoms with Crippen LogP contribution in [0, 0.1) is 0 Å². The lowest BCUT2D eigenvalue weighted by Crippen LogP contribution is -2.56. The summed E-state index contributed by atoms with van der Waals surface area (Å²) >= 11 is 0. The van der Waals surface area contributed by atoms with E-state index in [4.69, 9.17) is 23.7 Å². The molecule has 0 amide bonds. The molecular weight excluding hydrogens is 386 g/mol. The first-order chi connectivity index (χ1) is 14.5. The monoisotopic (exact) mass is 409 g/mol. The first kappa shape index (κ1) is 17.9. The highest BCUT2D eigenvalue weighted by Crippen LogP contribution is 2.57. The predicted octanol–water partition coefficient (Wildman–Crippen LogP) is 3.08. The van der Waals surface area contributed by atoms with E-state index in [0.29, 0.717) is 13.0 Å². The molecule has 7 heteroatoms. The highest BCUT2D eigenvalue weighted by Gasteiger charge is 2.55. The van der Waals surface area contributed by atoms with E-state index in [9.17, 15) is 4.79 Å². The quantitative estimate of drug-likeness (QED) is 0.671. The van der Waals surface area contributed by atoms with Crippen LogP contribution >= 0.6 is 0 Å². The predicted molar refractivity (Wildman–Crippen MR) is 106 cm³/mol. The molecule has 0 unspecified atom stereocenters. The Morgan fingerprint density at radius 1 is 1.10 bits per heavy atom. The van der Waals surface area contributed by atoms with E-state index in [1.807, 2.05) is 12.1 Å². The third kappa shape index (κ3) is 2.27. The summed E-state index contributed by atoms with van der Waals surface area (Å²) in [5.74, 6) is 2.82. The summed E-state index contributed by atoms with van der Waals surface area (Å²) in [7, 11) is 2.10. The average molecular weight is 409 g/mol. The smallest absolute Gasteiger partial charge is 0.302 e. The van der Waals surface area contributed by atoms with Crippen molar-refractivity contribution < 1.29 is 28.5 Å². The summed E-state index contributed by atoms with van der Waals surface area (Å²) in [5.41, 5.74) is 4.10. The molecule has 3 atom stereocenters. The Hall–Kier alpha value is -2.93. The Kier molecular flexibility index (Phi) is 3.60. The molecule has 3 aliphatic heterocycles. The number of rotatable bonds is 1. The van der Waals surface area contributed by atoms with Crippen LogP contribution in [0.15, 0.2) is 24.3 Å². The Morgan fingerprint density at radius 2 is 1.83 bits per heavy atom. The molecule has 4 aliphatic rings. The molecule has 0 N–H and O–H groups in total. The van der Waals surface area contributed by atoms with Gasteiger partial charge in [0.2, 0.25) is 13.6 Å². The van der Waals surface area contributed by atoms with E-state index >= 15 is 0 Å². The molecule has 0 saturated carbocycles. The van der Waals surface area contributed by atoms with Gasteiger partial charge in [0.05, 0.1) is 5.41 Å². The van der Waals surface area contributed by atoms with E-state index in [2.05, 4.69) is 31.0 Å². The summed E-state index contributed by atoms with van der Waals surface area (Å²) < 4.78 is 28.7. The molecule has 3 heterocycles. The van der Waals surface area contributed by atoms with Crippen molar-refractivity contribution in [1.29, 1.82) is 0 Å². The fourth-order valence-corrected chi connectivity index (χ4v) is 5.75. The minimum atomic E-state index is -0.463. The fourth-order valence-electron chi connectivity index (χ4n) is 5.75. The average Bonchev–Trinajstić information content (AvgIpc) is 3.35. The molecule has 1 aliphatic carbocycles. The second-order valence-electron chi connectivity index (χ2n) is 8.63. The van der Waals surface area contributed by atoms with Crippen molar-refractivity contribution in [3.05, 3.63) is 46.5 Å². The Labute approximate surface area is 174 Å². The standard InChI is InChI=1S/C23H23NO6/c1-12(25)30-20-7-13-6-18-19(28-10-27-18)8-14(13)22-23(20,2)16-4-5-17-21(29-11-26-17)15(16)9-24(22)3/h4-6,8,20,22H,7,9-11H2,1-3H3/t20-,22-,23+/m1/s1. The molecule has 0 radical (unpaired) electrons. The molecule has 30 heavy (non-hydrogen) atoms. The summed E-state index contributed by atoms with van der Waals surface area (Å²) in [5, 5.41) is 0. The number of carbonyl (C=O) groups is 1. The van der Waals surface area contributed by atoms with Gasteiger partial charge in [-0.3, -0.25) is 9.69 Å². The van der Waals surface area contributed by atoms with Crippen molar-refractivity contribution in [2.45, 2.75) is 44.4 Å². The number of esters is 1. The molecule has 7 nitrogen and oxygen atoms in total. The second-order valence-corrected chi connectivity index (χ2v) is 8.63. The summed E-state index contributed by atoms with van der Waals surface area (Å²) in [6, 6.07) is 8.22. The van der Waals surface area contributed by atoms with Crippen molar-refractivity contribution in [1.82, 2.24) is 4.90 Å². The second kappa shape index (κ2) is 6.04. The number of nitrogens with zero attached hydrogens (tertiary/aromatic N) is 1. The maximum absolute atomic E-state index is 12.1. The molecule has 2 aromatic carbocycles. The Bertz CT molecular complexity index is 1080. The van der Waals surface area contributed by atoms with Crippen LogP contribution < -0.4 is 18.9 Å². The lowest BCUT2D eigenvalue weighted by atomic mass is 9.60. The van der Waals surface area contributed by atoms with E-state index in [1.165, 1.54) is 12.5 Å². The van der Waals surface area contributed by atoms with Crippen molar-refractivity contribution >= 4 is 5.97 Å². The number of ether oxygens (including phenoxy) is 5. The topological polar surface area (TPSA) is 66.5 Å². The highest BCUT2D eigenvalue weighted by molar-refractivity contribution is 5.67. The normalized spacial score (nSPS) is 27.8.